The minimum atomic E-state index is -0.392. The molecule has 1 N–H and O–H groups in total. The molecular formula is C23H22ClFN4O3S. The number of carbonyl (C=O) groups is 2. The molecule has 1 aliphatic rings. The van der Waals surface area contributed by atoms with Crippen LogP contribution in [0.25, 0.3) is 11.3 Å². The molecule has 0 aliphatic carbocycles. The van der Waals surface area contributed by atoms with Gasteiger partial charge in [0.15, 0.2) is 5.13 Å². The highest BCUT2D eigenvalue weighted by Gasteiger charge is 2.27. The Morgan fingerprint density at radius 1 is 1.30 bits per heavy atom. The molecule has 1 amide bonds. The van der Waals surface area contributed by atoms with Gasteiger partial charge < -0.3 is 9.64 Å². The number of nitrogens with zero attached hydrogens (tertiary/aromatic N) is 3. The topological polar surface area (TPSA) is 84.4 Å². The second kappa shape index (κ2) is 10.3. The fourth-order valence-corrected chi connectivity index (χ4v) is 4.66. The molecule has 0 spiro atoms. The Hall–Kier alpha value is -3.04. The van der Waals surface area contributed by atoms with Gasteiger partial charge >= 0.3 is 5.97 Å². The summed E-state index contributed by atoms with van der Waals surface area (Å²) in [5, 5.41) is 5.23. The molecule has 172 valence electrons. The number of pyridine rings is 1. The van der Waals surface area contributed by atoms with Crippen LogP contribution in [0.2, 0.25) is 5.02 Å². The van der Waals surface area contributed by atoms with Crippen LogP contribution in [0.1, 0.15) is 30.1 Å². The Balaban J connectivity index is 1.39. The summed E-state index contributed by atoms with van der Waals surface area (Å²) in [7, 11) is 0. The Kier molecular flexibility index (Phi) is 7.20. The van der Waals surface area contributed by atoms with Crippen molar-refractivity contribution in [3.05, 3.63) is 58.3 Å². The van der Waals surface area contributed by atoms with Gasteiger partial charge in [0.05, 0.1) is 28.8 Å². The lowest BCUT2D eigenvalue weighted by atomic mass is 9.97. The molecule has 0 atom stereocenters. The molecule has 7 nitrogen and oxygen atoms in total. The first-order valence-electron chi connectivity index (χ1n) is 10.5. The quantitative estimate of drug-likeness (QED) is 0.490. The van der Waals surface area contributed by atoms with Gasteiger partial charge in [0.2, 0.25) is 0 Å². The van der Waals surface area contributed by atoms with Gasteiger partial charge in [-0.3, -0.25) is 14.9 Å². The number of esters is 1. The van der Waals surface area contributed by atoms with Gasteiger partial charge in [-0.25, -0.2) is 14.4 Å². The lowest BCUT2D eigenvalue weighted by Gasteiger charge is -2.32. The molecule has 0 unspecified atom stereocenters. The van der Waals surface area contributed by atoms with Gasteiger partial charge in [0.1, 0.15) is 11.6 Å². The zero-order valence-corrected chi connectivity index (χ0v) is 19.5. The van der Waals surface area contributed by atoms with Crippen molar-refractivity contribution >= 4 is 45.8 Å². The predicted molar refractivity (Wildman–Crippen MR) is 126 cm³/mol. The van der Waals surface area contributed by atoms with Crippen molar-refractivity contribution in [2.45, 2.75) is 19.8 Å². The number of amides is 1. The molecule has 0 bridgehead atoms. The Morgan fingerprint density at radius 3 is 2.79 bits per heavy atom. The second-order valence-electron chi connectivity index (χ2n) is 7.55. The standard InChI is InChI=1S/C23H22ClFN4O3S/c1-2-32-22(31)14-6-8-29(9-7-14)20-18(24)11-16(12-26-20)21(30)28-23-27-19(13-33-23)15-4-3-5-17(25)10-15/h3-5,10-14H,2,6-9H2,1H3,(H,27,28,30). The average Bonchev–Trinajstić information content (AvgIpc) is 3.28. The molecule has 3 aromatic rings. The van der Waals surface area contributed by atoms with Crippen LogP contribution in [0.3, 0.4) is 0 Å². The molecule has 1 aromatic carbocycles. The van der Waals surface area contributed by atoms with Gasteiger partial charge in [-0.1, -0.05) is 23.7 Å². The van der Waals surface area contributed by atoms with Crippen molar-refractivity contribution in [1.82, 2.24) is 9.97 Å². The number of halogens is 2. The highest BCUT2D eigenvalue weighted by atomic mass is 35.5. The summed E-state index contributed by atoms with van der Waals surface area (Å²) < 4.78 is 18.5. The number of piperidine rings is 1. The van der Waals surface area contributed by atoms with Crippen molar-refractivity contribution < 1.29 is 18.7 Å². The van der Waals surface area contributed by atoms with Gasteiger partial charge in [-0.2, -0.15) is 0 Å². The number of ether oxygens (including phenoxy) is 1. The molecule has 0 radical (unpaired) electrons. The molecule has 1 saturated heterocycles. The van der Waals surface area contributed by atoms with Crippen LogP contribution < -0.4 is 10.2 Å². The predicted octanol–water partition coefficient (Wildman–Crippen LogP) is 5.03. The van der Waals surface area contributed by atoms with Crippen LogP contribution in [-0.2, 0) is 9.53 Å². The van der Waals surface area contributed by atoms with Crippen molar-refractivity contribution in [3.63, 3.8) is 0 Å². The number of nitrogens with one attached hydrogen (secondary N) is 1. The first kappa shape index (κ1) is 23.1. The van der Waals surface area contributed by atoms with E-state index in [0.29, 0.717) is 65.3 Å². The number of aromatic nitrogens is 2. The second-order valence-corrected chi connectivity index (χ2v) is 8.81. The van der Waals surface area contributed by atoms with Gasteiger partial charge in [0, 0.05) is 30.2 Å². The van der Waals surface area contributed by atoms with E-state index in [1.54, 1.807) is 30.5 Å². The molecule has 10 heteroatoms. The lowest BCUT2D eigenvalue weighted by molar-refractivity contribution is -0.148. The van der Waals surface area contributed by atoms with Crippen LogP contribution in [0.5, 0.6) is 0 Å². The summed E-state index contributed by atoms with van der Waals surface area (Å²) in [5.74, 6) is -0.432. The Bertz CT molecular complexity index is 1160. The summed E-state index contributed by atoms with van der Waals surface area (Å²) in [5.41, 5.74) is 1.51. The van der Waals surface area contributed by atoms with E-state index in [4.69, 9.17) is 16.3 Å². The maximum Gasteiger partial charge on any atom is 0.309 e. The van der Waals surface area contributed by atoms with Crippen LogP contribution in [-0.4, -0.2) is 41.5 Å². The van der Waals surface area contributed by atoms with Gasteiger partial charge in [-0.15, -0.1) is 11.3 Å². The van der Waals surface area contributed by atoms with E-state index in [9.17, 15) is 14.0 Å². The Labute approximate surface area is 199 Å². The van der Waals surface area contributed by atoms with E-state index < -0.39 is 5.91 Å². The number of hydrogen-bond donors (Lipinski definition) is 1. The van der Waals surface area contributed by atoms with Crippen molar-refractivity contribution in [3.8, 4) is 11.3 Å². The average molecular weight is 489 g/mol. The number of anilines is 2. The van der Waals surface area contributed by atoms with E-state index in [2.05, 4.69) is 15.3 Å². The highest BCUT2D eigenvalue weighted by Crippen LogP contribution is 2.30. The normalized spacial score (nSPS) is 14.2. The smallest absolute Gasteiger partial charge is 0.309 e. The van der Waals surface area contributed by atoms with E-state index in [0.717, 1.165) is 0 Å². The molecule has 0 saturated carbocycles. The molecule has 3 heterocycles. The van der Waals surface area contributed by atoms with Crippen molar-refractivity contribution in [2.24, 2.45) is 5.92 Å². The molecule has 1 aliphatic heterocycles. The molecule has 33 heavy (non-hydrogen) atoms. The Morgan fingerprint density at radius 2 is 2.09 bits per heavy atom. The molecule has 2 aromatic heterocycles. The number of carbonyl (C=O) groups excluding carboxylic acids is 2. The summed E-state index contributed by atoms with van der Waals surface area (Å²) in [6.45, 7) is 3.43. The third-order valence-electron chi connectivity index (χ3n) is 5.34. The van der Waals surface area contributed by atoms with E-state index in [1.165, 1.54) is 29.7 Å². The highest BCUT2D eigenvalue weighted by molar-refractivity contribution is 7.14. The monoisotopic (exact) mass is 488 g/mol. The minimum absolute atomic E-state index is 0.111. The maximum atomic E-state index is 13.4. The fraction of sp³-hybridized carbons (Fsp3) is 0.304. The molecular weight excluding hydrogens is 467 g/mol. The number of thiazole rings is 1. The zero-order chi connectivity index (χ0) is 23.4. The summed E-state index contributed by atoms with van der Waals surface area (Å²) in [6, 6.07) is 7.68. The van der Waals surface area contributed by atoms with Gasteiger partial charge in [-0.05, 0) is 38.0 Å². The summed E-state index contributed by atoms with van der Waals surface area (Å²) in [6.07, 6.45) is 2.79. The fourth-order valence-electron chi connectivity index (χ4n) is 3.66. The van der Waals surface area contributed by atoms with E-state index >= 15 is 0 Å². The SMILES string of the molecule is CCOC(=O)C1CCN(c2ncc(C(=O)Nc3nc(-c4cccc(F)c4)cs3)cc2Cl)CC1. The first-order valence-corrected chi connectivity index (χ1v) is 11.8. The van der Waals surface area contributed by atoms with Crippen LogP contribution in [0, 0.1) is 11.7 Å². The maximum absolute atomic E-state index is 13.4. The van der Waals surface area contributed by atoms with E-state index in [1.807, 2.05) is 4.90 Å². The summed E-state index contributed by atoms with van der Waals surface area (Å²) >= 11 is 7.68. The summed E-state index contributed by atoms with van der Waals surface area (Å²) in [4.78, 5) is 35.3. The van der Waals surface area contributed by atoms with Gasteiger partial charge in [0.25, 0.3) is 5.91 Å². The molecule has 1 fully saturated rings. The van der Waals surface area contributed by atoms with E-state index in [-0.39, 0.29) is 17.7 Å². The number of hydrogen-bond acceptors (Lipinski definition) is 7. The number of benzene rings is 1. The van der Waals surface area contributed by atoms with Crippen molar-refractivity contribution in [2.75, 3.05) is 29.9 Å². The molecule has 4 rings (SSSR count). The van der Waals surface area contributed by atoms with Crippen LogP contribution >= 0.6 is 22.9 Å². The third-order valence-corrected chi connectivity index (χ3v) is 6.38. The lowest BCUT2D eigenvalue weighted by Crippen LogP contribution is -2.37. The zero-order valence-electron chi connectivity index (χ0n) is 17.9. The minimum Gasteiger partial charge on any atom is -0.466 e. The first-order chi connectivity index (χ1) is 15.9. The van der Waals surface area contributed by atoms with Crippen LogP contribution in [0.4, 0.5) is 15.3 Å². The third kappa shape index (κ3) is 5.48. The van der Waals surface area contributed by atoms with Crippen LogP contribution in [0.15, 0.2) is 41.9 Å². The largest absolute Gasteiger partial charge is 0.466 e. The number of rotatable bonds is 6. The van der Waals surface area contributed by atoms with Crippen molar-refractivity contribution in [1.29, 1.82) is 0 Å².